The van der Waals surface area contributed by atoms with Gasteiger partial charge in [-0.2, -0.15) is 0 Å². The molecule has 0 aromatic carbocycles. The van der Waals surface area contributed by atoms with Crippen LogP contribution in [0.5, 0.6) is 0 Å². The van der Waals surface area contributed by atoms with Crippen LogP contribution in [0.1, 0.15) is 53.9 Å². The molecule has 0 saturated heterocycles. The van der Waals surface area contributed by atoms with Crippen molar-refractivity contribution in [3.63, 3.8) is 0 Å². The molecule has 3 nitrogen and oxygen atoms in total. The van der Waals surface area contributed by atoms with E-state index in [1.54, 1.807) is 5.51 Å². The first-order valence-corrected chi connectivity index (χ1v) is 6.23. The quantitative estimate of drug-likeness (QED) is 0.841. The Morgan fingerprint density at radius 3 is 2.73 bits per heavy atom. The molecule has 1 N–H and O–H groups in total. The fourth-order valence-electron chi connectivity index (χ4n) is 2.23. The molecule has 1 fully saturated rings. The standard InChI is InChI=1S/C11H15NO2S/c1-7-2-4-8(5-3-7)10-9(11(13)14)12-6-15-10/h6-8H,2-5H2,1H3,(H,13,14). The van der Waals surface area contributed by atoms with Gasteiger partial charge in [0.05, 0.1) is 5.51 Å². The van der Waals surface area contributed by atoms with Crippen LogP contribution in [-0.2, 0) is 0 Å². The summed E-state index contributed by atoms with van der Waals surface area (Å²) >= 11 is 1.49. The zero-order valence-electron chi connectivity index (χ0n) is 8.77. The highest BCUT2D eigenvalue weighted by molar-refractivity contribution is 7.10. The zero-order chi connectivity index (χ0) is 10.8. The molecule has 1 saturated carbocycles. The number of carbonyl (C=O) groups is 1. The van der Waals surface area contributed by atoms with Gasteiger partial charge in [-0.3, -0.25) is 0 Å². The normalized spacial score (nSPS) is 26.5. The lowest BCUT2D eigenvalue weighted by Crippen LogP contribution is -2.12. The SMILES string of the molecule is CC1CCC(c2scnc2C(=O)O)CC1. The van der Waals surface area contributed by atoms with E-state index in [9.17, 15) is 4.79 Å². The van der Waals surface area contributed by atoms with Crippen LogP contribution < -0.4 is 0 Å². The van der Waals surface area contributed by atoms with Crippen molar-refractivity contribution in [1.82, 2.24) is 4.98 Å². The van der Waals surface area contributed by atoms with Gasteiger partial charge in [0.1, 0.15) is 0 Å². The van der Waals surface area contributed by atoms with Crippen molar-refractivity contribution in [1.29, 1.82) is 0 Å². The molecule has 0 atom stereocenters. The van der Waals surface area contributed by atoms with Gasteiger partial charge in [-0.15, -0.1) is 11.3 Å². The third-order valence-electron chi connectivity index (χ3n) is 3.18. The number of carboxylic acids is 1. The van der Waals surface area contributed by atoms with E-state index in [4.69, 9.17) is 5.11 Å². The summed E-state index contributed by atoms with van der Waals surface area (Å²) in [6.45, 7) is 2.26. The van der Waals surface area contributed by atoms with E-state index >= 15 is 0 Å². The molecule has 0 amide bonds. The highest BCUT2D eigenvalue weighted by Gasteiger charge is 2.25. The first-order valence-electron chi connectivity index (χ1n) is 5.35. The highest BCUT2D eigenvalue weighted by Crippen LogP contribution is 2.38. The van der Waals surface area contributed by atoms with Crippen molar-refractivity contribution in [2.45, 2.75) is 38.5 Å². The molecule has 1 aliphatic rings. The minimum absolute atomic E-state index is 0.277. The van der Waals surface area contributed by atoms with Crippen LogP contribution in [0.4, 0.5) is 0 Å². The van der Waals surface area contributed by atoms with Gasteiger partial charge in [0.2, 0.25) is 0 Å². The predicted octanol–water partition coefficient (Wildman–Crippen LogP) is 3.14. The molecule has 2 rings (SSSR count). The molecule has 1 heterocycles. The van der Waals surface area contributed by atoms with Crippen LogP contribution in [-0.4, -0.2) is 16.1 Å². The summed E-state index contributed by atoms with van der Waals surface area (Å²) < 4.78 is 0. The van der Waals surface area contributed by atoms with Gasteiger partial charge in [-0.05, 0) is 24.7 Å². The Labute approximate surface area is 93.2 Å². The summed E-state index contributed by atoms with van der Waals surface area (Å²) in [4.78, 5) is 15.8. The number of aromatic nitrogens is 1. The summed E-state index contributed by atoms with van der Waals surface area (Å²) in [7, 11) is 0. The first kappa shape index (κ1) is 10.6. The van der Waals surface area contributed by atoms with E-state index in [0.29, 0.717) is 5.92 Å². The Hall–Kier alpha value is -0.900. The maximum absolute atomic E-state index is 10.9. The lowest BCUT2D eigenvalue weighted by atomic mass is 9.82. The van der Waals surface area contributed by atoms with Crippen molar-refractivity contribution >= 4 is 17.3 Å². The van der Waals surface area contributed by atoms with Gasteiger partial charge in [-0.1, -0.05) is 19.8 Å². The third kappa shape index (κ3) is 2.20. The lowest BCUT2D eigenvalue weighted by molar-refractivity contribution is 0.0689. The van der Waals surface area contributed by atoms with Gasteiger partial charge >= 0.3 is 5.97 Å². The van der Waals surface area contributed by atoms with E-state index < -0.39 is 5.97 Å². The molecule has 0 spiro atoms. The Morgan fingerprint density at radius 1 is 1.47 bits per heavy atom. The fraction of sp³-hybridized carbons (Fsp3) is 0.636. The molecular formula is C11H15NO2S. The van der Waals surface area contributed by atoms with E-state index in [1.807, 2.05) is 0 Å². The second-order valence-electron chi connectivity index (χ2n) is 4.33. The number of rotatable bonds is 2. The third-order valence-corrected chi connectivity index (χ3v) is 4.18. The van der Waals surface area contributed by atoms with Gasteiger partial charge in [-0.25, -0.2) is 9.78 Å². The molecule has 15 heavy (non-hydrogen) atoms. The second kappa shape index (κ2) is 4.31. The van der Waals surface area contributed by atoms with Crippen LogP contribution >= 0.6 is 11.3 Å². The van der Waals surface area contributed by atoms with E-state index in [1.165, 1.54) is 24.2 Å². The van der Waals surface area contributed by atoms with Crippen LogP contribution in [0.3, 0.4) is 0 Å². The van der Waals surface area contributed by atoms with Crippen LogP contribution in [0.15, 0.2) is 5.51 Å². The topological polar surface area (TPSA) is 50.2 Å². The highest BCUT2D eigenvalue weighted by atomic mass is 32.1. The molecule has 4 heteroatoms. The van der Waals surface area contributed by atoms with Crippen LogP contribution in [0.2, 0.25) is 0 Å². The molecule has 1 aromatic rings. The Kier molecular flexibility index (Phi) is 3.05. The summed E-state index contributed by atoms with van der Waals surface area (Å²) in [5.74, 6) is 0.340. The molecule has 1 aromatic heterocycles. The monoisotopic (exact) mass is 225 g/mol. The summed E-state index contributed by atoms with van der Waals surface area (Å²) in [5.41, 5.74) is 1.93. The maximum atomic E-state index is 10.9. The minimum Gasteiger partial charge on any atom is -0.476 e. The van der Waals surface area contributed by atoms with Gasteiger partial charge in [0, 0.05) is 4.88 Å². The molecule has 0 unspecified atom stereocenters. The number of hydrogen-bond donors (Lipinski definition) is 1. The summed E-state index contributed by atoms with van der Waals surface area (Å²) in [6.07, 6.45) is 4.65. The smallest absolute Gasteiger partial charge is 0.355 e. The van der Waals surface area contributed by atoms with Crippen molar-refractivity contribution in [2.24, 2.45) is 5.92 Å². The molecule has 0 radical (unpaired) electrons. The molecular weight excluding hydrogens is 210 g/mol. The Bertz CT molecular complexity index is 353. The summed E-state index contributed by atoms with van der Waals surface area (Å²) in [6, 6.07) is 0. The molecule has 0 aliphatic heterocycles. The molecule has 0 bridgehead atoms. The van der Waals surface area contributed by atoms with Crippen molar-refractivity contribution in [3.05, 3.63) is 16.1 Å². The van der Waals surface area contributed by atoms with Gasteiger partial charge in [0.25, 0.3) is 0 Å². The molecule has 1 aliphatic carbocycles. The number of carboxylic acid groups (broad SMARTS) is 1. The number of nitrogens with zero attached hydrogens (tertiary/aromatic N) is 1. The van der Waals surface area contributed by atoms with E-state index in [-0.39, 0.29) is 5.69 Å². The Morgan fingerprint density at radius 2 is 2.13 bits per heavy atom. The number of hydrogen-bond acceptors (Lipinski definition) is 3. The average Bonchev–Trinajstić information content (AvgIpc) is 2.67. The largest absolute Gasteiger partial charge is 0.476 e. The average molecular weight is 225 g/mol. The van der Waals surface area contributed by atoms with E-state index in [2.05, 4.69) is 11.9 Å². The van der Waals surface area contributed by atoms with Gasteiger partial charge < -0.3 is 5.11 Å². The summed E-state index contributed by atoms with van der Waals surface area (Å²) in [5, 5.41) is 8.98. The Balaban J connectivity index is 2.15. The van der Waals surface area contributed by atoms with Crippen molar-refractivity contribution in [2.75, 3.05) is 0 Å². The first-order chi connectivity index (χ1) is 7.18. The van der Waals surface area contributed by atoms with Crippen molar-refractivity contribution < 1.29 is 9.90 Å². The fourth-order valence-corrected chi connectivity index (χ4v) is 3.18. The van der Waals surface area contributed by atoms with Gasteiger partial charge in [0.15, 0.2) is 5.69 Å². The van der Waals surface area contributed by atoms with E-state index in [0.717, 1.165) is 23.6 Å². The van der Waals surface area contributed by atoms with Crippen LogP contribution in [0, 0.1) is 5.92 Å². The number of thiazole rings is 1. The lowest BCUT2D eigenvalue weighted by Gasteiger charge is -2.25. The van der Waals surface area contributed by atoms with Crippen molar-refractivity contribution in [3.8, 4) is 0 Å². The second-order valence-corrected chi connectivity index (χ2v) is 5.21. The predicted molar refractivity (Wildman–Crippen MR) is 59.4 cm³/mol. The maximum Gasteiger partial charge on any atom is 0.355 e. The zero-order valence-corrected chi connectivity index (χ0v) is 9.59. The minimum atomic E-state index is -0.884. The van der Waals surface area contributed by atoms with Crippen LogP contribution in [0.25, 0.3) is 0 Å². The molecule has 82 valence electrons. The number of aromatic carboxylic acids is 1.